The number of ether oxygens (including phenoxy) is 10. The van der Waals surface area contributed by atoms with Crippen LogP contribution in [0.15, 0.2) is 91.8 Å². The number of carboxylic acids is 1. The van der Waals surface area contributed by atoms with Crippen LogP contribution in [-0.4, -0.2) is 139 Å². The first kappa shape index (κ1) is 95.3. The molecule has 3 saturated heterocycles. The zero-order valence-electron chi connectivity index (χ0n) is 64.9. The standard InChI is InChI=1S/C28H32Cl2F2N2O7.C23H24Cl2F2N2O5.C18H17Cl2F2NO4.C10H17NO4.ClH/c1-28(2,3)41-27(36)34-10-4-5-21(34)25(35)39-23(12-18-19(29)13-33(37)14-20(18)30)17-8-9-22(40-26(31)32)24(11-17)38-15-16-6-7-16;24-16-10-29(31)11-17(25)15(16)9-20(33-22(30)18-2-1-7-28-18)14-5-6-19(34-23(26)27)21(8-14)32-12-13-3-4-13;19-13-7-23(25)8-14(20)12(13)6-15(24)11-3-4-16(27-18(21)22)17(5-11)26-9-10-1-2-10;1-10(2,3)15-9(14)11-6-4-5-7(11)8(12)13;/h8-9,11,13-14,16,21,23,26H,4-7,10,12,15H2,1-3H3;5-6,8,10-11,13,18,20,23,28H,1-4,7,9,12H2;3-5,7-8,10,15,18,24H,1-2,6,9H2;7H,4-6H2,1-3H3,(H,12,13);1H/t21-,23-;18-,20-;15-;7-;/m0000./s1. The molecule has 0 radical (unpaired) electrons. The summed E-state index contributed by atoms with van der Waals surface area (Å²) in [5.74, 6) is -0.994. The summed E-state index contributed by atoms with van der Waals surface area (Å²) in [5.41, 5.74) is 1.13. The van der Waals surface area contributed by atoms with Crippen LogP contribution in [0.4, 0.5) is 35.9 Å². The molecule has 648 valence electrons. The number of benzene rings is 3. The van der Waals surface area contributed by atoms with Crippen LogP contribution in [0.2, 0.25) is 30.1 Å². The van der Waals surface area contributed by atoms with E-state index >= 15 is 0 Å². The normalized spacial score (nSPS) is 17.8. The number of alkyl halides is 6. The molecule has 39 heteroatoms. The van der Waals surface area contributed by atoms with E-state index in [-0.39, 0.29) is 96.3 Å². The number of nitrogens with one attached hydrogen (secondary N) is 1. The number of aliphatic carboxylic acids is 1. The molecular weight excluding hydrogens is 1720 g/mol. The van der Waals surface area contributed by atoms with Gasteiger partial charge in [0.15, 0.2) is 71.7 Å². The van der Waals surface area contributed by atoms with Crippen LogP contribution in [-0.2, 0) is 52.6 Å². The SMILES string of the molecule is CC(C)(C)OC(=O)N1CCC[C@H]1C(=O)O.CC(C)(C)OC(=O)N1CCC[C@H]1C(=O)O[C@@H](Cc1c(Cl)c[n+]([O-])cc1Cl)c1ccc(OC(F)F)c(OCC2CC2)c1.Cl.O=C(O[C@@H](Cc1c(Cl)c[n+]([O-])cc1Cl)c1ccc(OC(F)F)c(OCC2CC2)c1)[C@@H]1CCCN1.[O-][n+]1cc(Cl)c(C[C@H](O)c2ccc(OC(F)F)c(OCC3CC3)c2)c(Cl)c1. The van der Waals surface area contributed by atoms with Crippen molar-refractivity contribution in [3.05, 3.63) is 171 Å². The quantitative estimate of drug-likeness (QED) is 0.0129. The highest BCUT2D eigenvalue weighted by atomic mass is 35.5. The fraction of sp³-hybridized carbons (Fsp3) is 0.519. The van der Waals surface area contributed by atoms with Crippen LogP contribution in [0.3, 0.4) is 0 Å². The molecule has 2 amide bonds. The molecule has 3 N–H and O–H groups in total. The van der Waals surface area contributed by atoms with Crippen molar-refractivity contribution in [1.29, 1.82) is 0 Å². The number of carbonyl (C=O) groups is 5. The second-order valence-electron chi connectivity index (χ2n) is 30.5. The Kier molecular flexibility index (Phi) is 35.0. The van der Waals surface area contributed by atoms with Gasteiger partial charge in [-0.15, -0.1) is 12.4 Å². The van der Waals surface area contributed by atoms with Gasteiger partial charge >= 0.3 is 49.9 Å². The number of halogens is 13. The lowest BCUT2D eigenvalue weighted by Crippen LogP contribution is -2.44. The van der Waals surface area contributed by atoms with Crippen LogP contribution in [0.1, 0.15) is 170 Å². The number of hydrogen-bond donors (Lipinski definition) is 3. The van der Waals surface area contributed by atoms with E-state index in [2.05, 4.69) is 19.5 Å². The van der Waals surface area contributed by atoms with Crippen molar-refractivity contribution in [3.8, 4) is 34.5 Å². The Balaban J connectivity index is 0.000000205. The van der Waals surface area contributed by atoms with Gasteiger partial charge in [0.1, 0.15) is 71.7 Å². The molecule has 3 aliphatic carbocycles. The predicted octanol–water partition coefficient (Wildman–Crippen LogP) is 17.0. The summed E-state index contributed by atoms with van der Waals surface area (Å²) in [4.78, 5) is 64.1. The van der Waals surface area contributed by atoms with Gasteiger partial charge in [0.2, 0.25) is 0 Å². The minimum atomic E-state index is -3.07. The minimum Gasteiger partial charge on any atom is -0.619 e. The summed E-state index contributed by atoms with van der Waals surface area (Å²) in [6.07, 6.45) is 12.5. The molecule has 6 atom stereocenters. The summed E-state index contributed by atoms with van der Waals surface area (Å²) in [6, 6.07) is 10.9. The van der Waals surface area contributed by atoms with E-state index in [0.717, 1.165) is 88.5 Å². The van der Waals surface area contributed by atoms with E-state index in [0.29, 0.717) is 130 Å². The maximum Gasteiger partial charge on any atom is 0.411 e. The number of rotatable bonds is 29. The van der Waals surface area contributed by atoms with Gasteiger partial charge in [-0.25, -0.2) is 19.2 Å². The molecule has 6 aliphatic rings. The van der Waals surface area contributed by atoms with Crippen LogP contribution in [0.25, 0.3) is 0 Å². The van der Waals surface area contributed by atoms with E-state index < -0.39 is 97.6 Å². The van der Waals surface area contributed by atoms with E-state index in [1.54, 1.807) is 41.5 Å². The fourth-order valence-electron chi connectivity index (χ4n) is 12.3. The molecule has 3 aromatic heterocycles. The number of aromatic nitrogens is 3. The number of likely N-dealkylation sites (tertiary alicyclic amines) is 2. The van der Waals surface area contributed by atoms with Crippen molar-refractivity contribution in [3.63, 3.8) is 0 Å². The molecule has 0 unspecified atom stereocenters. The number of carbonyl (C=O) groups excluding carboxylic acids is 4. The summed E-state index contributed by atoms with van der Waals surface area (Å²) >= 11 is 37.2. The molecule has 6 aromatic rings. The summed E-state index contributed by atoms with van der Waals surface area (Å²) in [5, 5.41) is 57.8. The van der Waals surface area contributed by atoms with Gasteiger partial charge in [0, 0.05) is 49.0 Å². The minimum absolute atomic E-state index is 0. The lowest BCUT2D eigenvalue weighted by molar-refractivity contribution is -0.605. The maximum absolute atomic E-state index is 13.5. The van der Waals surface area contributed by atoms with Crippen molar-refractivity contribution in [2.24, 2.45) is 17.8 Å². The van der Waals surface area contributed by atoms with E-state index in [4.69, 9.17) is 108 Å². The third-order valence-corrected chi connectivity index (χ3v) is 20.7. The van der Waals surface area contributed by atoms with Gasteiger partial charge in [-0.2, -0.15) is 40.5 Å². The zero-order valence-corrected chi connectivity index (χ0v) is 70.2. The summed E-state index contributed by atoms with van der Waals surface area (Å²) in [6.45, 7) is 3.99. The molecule has 3 aromatic carbocycles. The van der Waals surface area contributed by atoms with E-state index in [9.17, 15) is 71.0 Å². The zero-order chi connectivity index (χ0) is 85.3. The van der Waals surface area contributed by atoms with E-state index in [1.165, 1.54) is 64.4 Å². The van der Waals surface area contributed by atoms with Gasteiger partial charge in [-0.05, 0) is 196 Å². The Bertz CT molecular complexity index is 4360. The predicted molar refractivity (Wildman–Crippen MR) is 422 cm³/mol. The molecule has 3 saturated carbocycles. The second kappa shape index (κ2) is 43.3. The third-order valence-electron chi connectivity index (χ3n) is 18.7. The highest BCUT2D eigenvalue weighted by molar-refractivity contribution is 6.36. The number of carboxylic acid groups (broad SMARTS) is 1. The van der Waals surface area contributed by atoms with Crippen molar-refractivity contribution in [2.45, 2.75) is 205 Å². The first-order chi connectivity index (χ1) is 55.2. The molecule has 12 rings (SSSR count). The smallest absolute Gasteiger partial charge is 0.411 e. The topological polar surface area (TPSA) is 317 Å². The Morgan fingerprint density at radius 1 is 0.475 bits per heavy atom. The average molecular weight is 1810 g/mol. The van der Waals surface area contributed by atoms with Crippen molar-refractivity contribution in [2.75, 3.05) is 39.5 Å². The number of nitrogens with zero attached hydrogens (tertiary/aromatic N) is 5. The largest absolute Gasteiger partial charge is 0.619 e. The number of pyridine rings is 3. The molecule has 3 aliphatic heterocycles. The Hall–Kier alpha value is -8.21. The Labute approximate surface area is 713 Å². The lowest BCUT2D eigenvalue weighted by atomic mass is 10.0. The van der Waals surface area contributed by atoms with Crippen LogP contribution < -0.4 is 47.9 Å². The maximum atomic E-state index is 13.5. The van der Waals surface area contributed by atoms with Crippen molar-refractivity contribution >= 4 is 112 Å². The molecule has 6 fully saturated rings. The molecule has 6 heterocycles. The number of hydrogen-bond acceptors (Lipinski definition) is 20. The van der Waals surface area contributed by atoms with Crippen molar-refractivity contribution < 1.29 is 122 Å². The first-order valence-corrected chi connectivity index (χ1v) is 39.9. The monoisotopic (exact) mass is 1800 g/mol. The lowest BCUT2D eigenvalue weighted by Gasteiger charge is -2.29. The third kappa shape index (κ3) is 29.6. The number of amides is 2. The second-order valence-corrected chi connectivity index (χ2v) is 33.0. The molecular formula is C79H91Cl7F6N6O20. The van der Waals surface area contributed by atoms with Crippen molar-refractivity contribution in [1.82, 2.24) is 15.1 Å². The van der Waals surface area contributed by atoms with Crippen LogP contribution >= 0.6 is 82.0 Å². The Morgan fingerprint density at radius 2 is 0.805 bits per heavy atom. The average Bonchev–Trinajstić information content (AvgIpc) is 1.27. The van der Waals surface area contributed by atoms with Crippen LogP contribution in [0, 0.1) is 33.4 Å². The molecule has 0 bridgehead atoms. The van der Waals surface area contributed by atoms with E-state index in [1.807, 2.05) is 0 Å². The number of aliphatic hydroxyl groups is 1. The molecule has 0 spiro atoms. The molecule has 26 nitrogen and oxygen atoms in total. The Morgan fingerprint density at radius 3 is 1.14 bits per heavy atom. The summed E-state index contributed by atoms with van der Waals surface area (Å²) in [7, 11) is 0. The highest BCUT2D eigenvalue weighted by Crippen LogP contribution is 2.43. The fourth-order valence-corrected chi connectivity index (χ4v) is 14.1. The van der Waals surface area contributed by atoms with Gasteiger partial charge in [-0.3, -0.25) is 14.6 Å². The van der Waals surface area contributed by atoms with Gasteiger partial charge in [0.25, 0.3) is 0 Å². The number of aliphatic hydroxyl groups excluding tert-OH is 1. The van der Waals surface area contributed by atoms with Crippen LogP contribution in [0.5, 0.6) is 34.5 Å². The number of esters is 2. The highest BCUT2D eigenvalue weighted by Gasteiger charge is 2.41. The van der Waals surface area contributed by atoms with Gasteiger partial charge in [-0.1, -0.05) is 87.8 Å². The first-order valence-electron chi connectivity index (χ1n) is 37.6. The molecule has 118 heavy (non-hydrogen) atoms. The van der Waals surface area contributed by atoms with Gasteiger partial charge < -0.3 is 78.5 Å². The van der Waals surface area contributed by atoms with Gasteiger partial charge in [0.05, 0.1) is 25.9 Å². The summed E-state index contributed by atoms with van der Waals surface area (Å²) < 4.78 is 132.